The van der Waals surface area contributed by atoms with Crippen LogP contribution in [0.4, 0.5) is 0 Å². The fourth-order valence-corrected chi connectivity index (χ4v) is 3.24. The molecule has 148 valence electrons. The van der Waals surface area contributed by atoms with Gasteiger partial charge in [-0.15, -0.1) is 0 Å². The molecule has 29 heavy (non-hydrogen) atoms. The summed E-state index contributed by atoms with van der Waals surface area (Å²) < 4.78 is 22.7. The zero-order valence-corrected chi connectivity index (χ0v) is 16.3. The minimum absolute atomic E-state index is 0.220. The maximum atomic E-state index is 5.84. The number of rotatable bonds is 10. The van der Waals surface area contributed by atoms with E-state index in [1.165, 1.54) is 10.8 Å². The third-order valence-corrected chi connectivity index (χ3v) is 4.64. The molecule has 0 saturated carbocycles. The van der Waals surface area contributed by atoms with Crippen molar-refractivity contribution in [1.29, 1.82) is 0 Å². The van der Waals surface area contributed by atoms with E-state index in [2.05, 4.69) is 36.4 Å². The first kappa shape index (κ1) is 19.2. The van der Waals surface area contributed by atoms with Gasteiger partial charge in [-0.3, -0.25) is 0 Å². The molecule has 0 radical (unpaired) electrons. The van der Waals surface area contributed by atoms with Crippen LogP contribution in [0.15, 0.2) is 84.9 Å². The molecule has 4 aromatic carbocycles. The van der Waals surface area contributed by atoms with Crippen LogP contribution in [0.3, 0.4) is 0 Å². The third kappa shape index (κ3) is 5.05. The molecule has 4 nitrogen and oxygen atoms in total. The van der Waals surface area contributed by atoms with Crippen LogP contribution in [-0.4, -0.2) is 33.2 Å². The van der Waals surface area contributed by atoms with E-state index in [0.29, 0.717) is 26.4 Å². The van der Waals surface area contributed by atoms with Crippen LogP contribution < -0.4 is 9.47 Å². The topological polar surface area (TPSA) is 36.9 Å². The maximum Gasteiger partial charge on any atom is 0.147 e. The summed E-state index contributed by atoms with van der Waals surface area (Å²) >= 11 is 0. The van der Waals surface area contributed by atoms with Crippen molar-refractivity contribution in [2.45, 2.75) is 0 Å². The van der Waals surface area contributed by atoms with Gasteiger partial charge in [-0.05, 0) is 22.9 Å². The Morgan fingerprint density at radius 3 is 1.41 bits per heavy atom. The Kier molecular flexibility index (Phi) is 6.58. The van der Waals surface area contributed by atoms with E-state index in [0.717, 1.165) is 22.3 Å². The largest absolute Gasteiger partial charge is 0.491 e. The predicted molar refractivity (Wildman–Crippen MR) is 116 cm³/mol. The van der Waals surface area contributed by atoms with E-state index >= 15 is 0 Å². The zero-order valence-electron chi connectivity index (χ0n) is 16.3. The molecule has 0 aliphatic heterocycles. The molecule has 0 spiro atoms. The lowest BCUT2D eigenvalue weighted by molar-refractivity contribution is -0.0660. The highest BCUT2D eigenvalue weighted by atomic mass is 16.7. The van der Waals surface area contributed by atoms with E-state index < -0.39 is 0 Å². The molecule has 0 N–H and O–H groups in total. The van der Waals surface area contributed by atoms with Gasteiger partial charge in [0.25, 0.3) is 0 Å². The molecule has 0 heterocycles. The fourth-order valence-electron chi connectivity index (χ4n) is 3.24. The van der Waals surface area contributed by atoms with Crippen molar-refractivity contribution in [3.63, 3.8) is 0 Å². The molecule has 0 aliphatic rings. The zero-order chi connectivity index (χ0) is 19.7. The molecule has 0 saturated heterocycles. The summed E-state index contributed by atoms with van der Waals surface area (Å²) in [6.07, 6.45) is 0. The summed E-state index contributed by atoms with van der Waals surface area (Å²) in [5.41, 5.74) is 0. The van der Waals surface area contributed by atoms with Crippen molar-refractivity contribution in [1.82, 2.24) is 0 Å². The Hall–Kier alpha value is -3.08. The Labute approximate surface area is 170 Å². The Morgan fingerprint density at radius 2 is 0.897 bits per heavy atom. The molecule has 0 bridgehead atoms. The normalized spacial score (nSPS) is 11.0. The van der Waals surface area contributed by atoms with Gasteiger partial charge < -0.3 is 18.9 Å². The summed E-state index contributed by atoms with van der Waals surface area (Å²) in [6.45, 7) is 2.10. The first-order valence-electron chi connectivity index (χ1n) is 9.78. The number of ether oxygens (including phenoxy) is 4. The number of benzene rings is 4. The lowest BCUT2D eigenvalue weighted by atomic mass is 10.1. The highest BCUT2D eigenvalue weighted by molar-refractivity contribution is 5.88. The minimum atomic E-state index is 0.220. The Morgan fingerprint density at radius 1 is 0.448 bits per heavy atom. The fraction of sp³-hybridized carbons (Fsp3) is 0.200. The summed E-state index contributed by atoms with van der Waals surface area (Å²) in [5.74, 6) is 1.74. The van der Waals surface area contributed by atoms with Gasteiger partial charge in [-0.25, -0.2) is 0 Å². The van der Waals surface area contributed by atoms with Gasteiger partial charge in [0.2, 0.25) is 0 Å². The quantitative estimate of drug-likeness (QED) is 0.268. The third-order valence-electron chi connectivity index (χ3n) is 4.64. The van der Waals surface area contributed by atoms with Gasteiger partial charge in [0.05, 0.1) is 13.2 Å². The Bertz CT molecular complexity index is 965. The summed E-state index contributed by atoms with van der Waals surface area (Å²) in [7, 11) is 0. The molecule has 4 aromatic rings. The highest BCUT2D eigenvalue weighted by Crippen LogP contribution is 2.25. The van der Waals surface area contributed by atoms with Crippen LogP contribution in [0.1, 0.15) is 0 Å². The average Bonchev–Trinajstić information content (AvgIpc) is 2.78. The summed E-state index contributed by atoms with van der Waals surface area (Å²) in [6, 6.07) is 28.4. The van der Waals surface area contributed by atoms with E-state index in [9.17, 15) is 0 Å². The van der Waals surface area contributed by atoms with Gasteiger partial charge >= 0.3 is 0 Å². The summed E-state index contributed by atoms with van der Waals surface area (Å²) in [4.78, 5) is 0. The first-order valence-corrected chi connectivity index (χ1v) is 9.78. The average molecular weight is 388 g/mol. The SMILES string of the molecule is c1ccc2c(OCCOCOCCOc3cccc4ccccc34)cccc2c1. The van der Waals surface area contributed by atoms with E-state index in [4.69, 9.17) is 18.9 Å². The van der Waals surface area contributed by atoms with E-state index in [-0.39, 0.29) is 6.79 Å². The lowest BCUT2D eigenvalue weighted by Gasteiger charge is -2.11. The molecule has 0 aliphatic carbocycles. The van der Waals surface area contributed by atoms with Crippen molar-refractivity contribution >= 4 is 21.5 Å². The monoisotopic (exact) mass is 388 g/mol. The van der Waals surface area contributed by atoms with Crippen molar-refractivity contribution in [3.05, 3.63) is 84.9 Å². The van der Waals surface area contributed by atoms with Crippen molar-refractivity contribution in [2.24, 2.45) is 0 Å². The van der Waals surface area contributed by atoms with Crippen LogP contribution >= 0.6 is 0 Å². The smallest absolute Gasteiger partial charge is 0.147 e. The van der Waals surface area contributed by atoms with Gasteiger partial charge in [0, 0.05) is 10.8 Å². The highest BCUT2D eigenvalue weighted by Gasteiger charge is 2.02. The van der Waals surface area contributed by atoms with Crippen molar-refractivity contribution in [3.8, 4) is 11.5 Å². The molecule has 0 amide bonds. The van der Waals surface area contributed by atoms with E-state index in [1.807, 2.05) is 48.5 Å². The number of hydrogen-bond donors (Lipinski definition) is 0. The molecule has 4 rings (SSSR count). The van der Waals surface area contributed by atoms with Crippen LogP contribution in [0.25, 0.3) is 21.5 Å². The van der Waals surface area contributed by atoms with Crippen LogP contribution in [-0.2, 0) is 9.47 Å². The second-order valence-corrected chi connectivity index (χ2v) is 6.59. The minimum Gasteiger partial charge on any atom is -0.491 e. The molecule has 0 atom stereocenters. The number of hydrogen-bond acceptors (Lipinski definition) is 4. The molecule has 4 heteroatoms. The Balaban J connectivity index is 1.12. The molecular weight excluding hydrogens is 364 g/mol. The lowest BCUT2D eigenvalue weighted by Crippen LogP contribution is -2.12. The second-order valence-electron chi connectivity index (χ2n) is 6.59. The van der Waals surface area contributed by atoms with Gasteiger partial charge in [-0.2, -0.15) is 0 Å². The standard InChI is InChI=1S/C25H24O4/c1-3-11-22-20(7-1)9-5-13-24(22)28-17-15-26-19-27-16-18-29-25-14-6-10-21-8-2-4-12-23(21)25/h1-14H,15-19H2. The van der Waals surface area contributed by atoms with Crippen LogP contribution in [0.5, 0.6) is 11.5 Å². The van der Waals surface area contributed by atoms with E-state index in [1.54, 1.807) is 0 Å². The first-order chi connectivity index (χ1) is 14.4. The molecule has 0 aromatic heterocycles. The van der Waals surface area contributed by atoms with Gasteiger partial charge in [-0.1, -0.05) is 72.8 Å². The molecular formula is C25H24O4. The predicted octanol–water partition coefficient (Wildman–Crippen LogP) is 5.44. The van der Waals surface area contributed by atoms with Crippen molar-refractivity contribution in [2.75, 3.05) is 33.2 Å². The number of fused-ring (bicyclic) bond motifs is 2. The van der Waals surface area contributed by atoms with Crippen molar-refractivity contribution < 1.29 is 18.9 Å². The second kappa shape index (κ2) is 9.92. The van der Waals surface area contributed by atoms with Gasteiger partial charge in [0.1, 0.15) is 31.5 Å². The van der Waals surface area contributed by atoms with Crippen LogP contribution in [0, 0.1) is 0 Å². The van der Waals surface area contributed by atoms with Crippen LogP contribution in [0.2, 0.25) is 0 Å². The summed E-state index contributed by atoms with van der Waals surface area (Å²) in [5, 5.41) is 4.55. The molecule has 0 unspecified atom stereocenters. The maximum absolute atomic E-state index is 5.84. The molecule has 0 fully saturated rings. The van der Waals surface area contributed by atoms with Gasteiger partial charge in [0.15, 0.2) is 0 Å².